The molecule has 2 aromatic heterocycles. The van der Waals surface area contributed by atoms with Gasteiger partial charge in [-0.3, -0.25) is 4.79 Å². The van der Waals surface area contributed by atoms with Crippen LogP contribution in [-0.4, -0.2) is 54.2 Å². The second-order valence-corrected chi connectivity index (χ2v) is 11.3. The maximum absolute atomic E-state index is 11.7. The number of nitrogens with zero attached hydrogens (tertiary/aromatic N) is 2. The molecule has 0 unspecified atom stereocenters. The number of para-hydroxylation sites is 1. The minimum absolute atomic E-state index is 0.0484. The van der Waals surface area contributed by atoms with E-state index in [1.165, 1.54) is 0 Å². The smallest absolute Gasteiger partial charge is 0.407 e. The Morgan fingerprint density at radius 3 is 2.70 bits per heavy atom. The van der Waals surface area contributed by atoms with Crippen LogP contribution in [0.25, 0.3) is 32.6 Å². The minimum atomic E-state index is -0.535. The Kier molecular flexibility index (Phi) is 8.27. The van der Waals surface area contributed by atoms with E-state index < -0.39 is 11.7 Å². The summed E-state index contributed by atoms with van der Waals surface area (Å²) in [4.78, 5) is 23.4. The summed E-state index contributed by atoms with van der Waals surface area (Å²) in [6, 6.07) is 15.9. The fraction of sp³-hybridized carbons (Fsp3) is 0.333. The first kappa shape index (κ1) is 27.5. The summed E-state index contributed by atoms with van der Waals surface area (Å²) in [5.41, 5.74) is 5.02. The van der Waals surface area contributed by atoms with E-state index in [1.54, 1.807) is 11.3 Å². The van der Waals surface area contributed by atoms with Gasteiger partial charge in [-0.2, -0.15) is 0 Å². The minimum Gasteiger partial charge on any atom is -0.490 e. The lowest BCUT2D eigenvalue weighted by atomic mass is 9.96. The summed E-state index contributed by atoms with van der Waals surface area (Å²) >= 11 is 1.61. The van der Waals surface area contributed by atoms with Crippen molar-refractivity contribution in [3.8, 4) is 28.3 Å². The van der Waals surface area contributed by atoms with Crippen LogP contribution in [0.3, 0.4) is 0 Å². The molecule has 0 saturated heterocycles. The molecule has 0 bridgehead atoms. The zero-order valence-electron chi connectivity index (χ0n) is 22.8. The van der Waals surface area contributed by atoms with Crippen LogP contribution in [0.4, 0.5) is 4.79 Å². The van der Waals surface area contributed by atoms with Crippen molar-refractivity contribution in [3.05, 3.63) is 65.0 Å². The van der Waals surface area contributed by atoms with Crippen LogP contribution in [0, 0.1) is 0 Å². The molecule has 0 radical (unpaired) electrons. The number of rotatable bonds is 9. The number of amides is 2. The molecule has 10 heteroatoms. The molecular formula is C30H32N4O5S. The summed E-state index contributed by atoms with van der Waals surface area (Å²) < 4.78 is 17.9. The monoisotopic (exact) mass is 560 g/mol. The number of carbonyl (C=O) groups is 2. The SMILES string of the molecule is CC(C)(C)OC(=O)NCCOCCOc1ccccc1-c1nnc(-c2ccc3c(c2)CNC(=O)C3)c2ccsc12. The van der Waals surface area contributed by atoms with Gasteiger partial charge >= 0.3 is 6.09 Å². The highest BCUT2D eigenvalue weighted by Gasteiger charge is 2.20. The van der Waals surface area contributed by atoms with Crippen LogP contribution in [0.5, 0.6) is 5.75 Å². The van der Waals surface area contributed by atoms with Crippen LogP contribution in [0.15, 0.2) is 53.9 Å². The normalized spacial score (nSPS) is 13.0. The van der Waals surface area contributed by atoms with Crippen molar-refractivity contribution in [2.75, 3.05) is 26.4 Å². The Morgan fingerprint density at radius 1 is 1.02 bits per heavy atom. The highest BCUT2D eigenvalue weighted by molar-refractivity contribution is 7.17. The van der Waals surface area contributed by atoms with Crippen LogP contribution in [-0.2, 0) is 27.2 Å². The molecule has 5 rings (SSSR count). The third-order valence-electron chi connectivity index (χ3n) is 6.23. The first-order valence-corrected chi connectivity index (χ1v) is 14.1. The van der Waals surface area contributed by atoms with Gasteiger partial charge in [0.15, 0.2) is 0 Å². The number of benzene rings is 2. The van der Waals surface area contributed by atoms with Gasteiger partial charge in [-0.05, 0) is 61.5 Å². The Labute approximate surface area is 236 Å². The number of hydrogen-bond acceptors (Lipinski definition) is 8. The highest BCUT2D eigenvalue weighted by Crippen LogP contribution is 2.39. The molecule has 1 aliphatic rings. The van der Waals surface area contributed by atoms with Crippen molar-refractivity contribution in [1.82, 2.24) is 20.8 Å². The van der Waals surface area contributed by atoms with Gasteiger partial charge in [0.25, 0.3) is 0 Å². The first-order chi connectivity index (χ1) is 19.3. The van der Waals surface area contributed by atoms with E-state index in [0.717, 1.165) is 43.7 Å². The molecular weight excluding hydrogens is 528 g/mol. The van der Waals surface area contributed by atoms with E-state index in [1.807, 2.05) is 62.5 Å². The average Bonchev–Trinajstić information content (AvgIpc) is 3.41. The van der Waals surface area contributed by atoms with E-state index in [0.29, 0.717) is 45.1 Å². The predicted octanol–water partition coefficient (Wildman–Crippen LogP) is 5.12. The molecule has 0 fully saturated rings. The molecule has 0 aliphatic carbocycles. The van der Waals surface area contributed by atoms with Crippen molar-refractivity contribution in [1.29, 1.82) is 0 Å². The van der Waals surface area contributed by atoms with Crippen LogP contribution in [0.1, 0.15) is 31.9 Å². The van der Waals surface area contributed by atoms with Gasteiger partial charge in [0, 0.05) is 29.6 Å². The number of ether oxygens (including phenoxy) is 3. The number of fused-ring (bicyclic) bond motifs is 2. The lowest BCUT2D eigenvalue weighted by Gasteiger charge is -2.19. The molecule has 2 aromatic carbocycles. The van der Waals surface area contributed by atoms with Crippen molar-refractivity contribution in [2.45, 2.75) is 39.3 Å². The van der Waals surface area contributed by atoms with Crippen molar-refractivity contribution in [3.63, 3.8) is 0 Å². The predicted molar refractivity (Wildman–Crippen MR) is 154 cm³/mol. The van der Waals surface area contributed by atoms with E-state index in [2.05, 4.69) is 33.0 Å². The zero-order valence-corrected chi connectivity index (χ0v) is 23.6. The summed E-state index contributed by atoms with van der Waals surface area (Å²) in [5, 5.41) is 17.9. The van der Waals surface area contributed by atoms with Crippen LogP contribution < -0.4 is 15.4 Å². The van der Waals surface area contributed by atoms with Crippen molar-refractivity contribution in [2.24, 2.45) is 0 Å². The molecule has 4 aromatic rings. The molecule has 2 amide bonds. The molecule has 40 heavy (non-hydrogen) atoms. The summed E-state index contributed by atoms with van der Waals surface area (Å²) in [5.74, 6) is 0.742. The summed E-state index contributed by atoms with van der Waals surface area (Å²) in [6.45, 7) is 7.38. The maximum atomic E-state index is 11.7. The lowest BCUT2D eigenvalue weighted by molar-refractivity contribution is -0.121. The van der Waals surface area contributed by atoms with Crippen LogP contribution in [0.2, 0.25) is 0 Å². The van der Waals surface area contributed by atoms with Crippen LogP contribution >= 0.6 is 11.3 Å². The van der Waals surface area contributed by atoms with Gasteiger partial charge in [0.05, 0.1) is 24.3 Å². The Hall–Kier alpha value is -4.02. The number of aromatic nitrogens is 2. The van der Waals surface area contributed by atoms with Gasteiger partial charge in [0.1, 0.15) is 29.3 Å². The van der Waals surface area contributed by atoms with Gasteiger partial charge in [-0.15, -0.1) is 21.5 Å². The fourth-order valence-electron chi connectivity index (χ4n) is 4.45. The number of alkyl carbamates (subject to hydrolysis) is 1. The van der Waals surface area contributed by atoms with Crippen molar-refractivity contribution >= 4 is 33.4 Å². The highest BCUT2D eigenvalue weighted by atomic mass is 32.1. The number of hydrogen-bond donors (Lipinski definition) is 2. The second kappa shape index (κ2) is 12.0. The zero-order chi connectivity index (χ0) is 28.1. The largest absolute Gasteiger partial charge is 0.490 e. The Morgan fingerprint density at radius 2 is 1.85 bits per heavy atom. The Balaban J connectivity index is 1.25. The third-order valence-corrected chi connectivity index (χ3v) is 7.16. The van der Waals surface area contributed by atoms with Crippen molar-refractivity contribution < 1.29 is 23.8 Å². The first-order valence-electron chi connectivity index (χ1n) is 13.2. The lowest BCUT2D eigenvalue weighted by Crippen LogP contribution is -2.34. The van der Waals surface area contributed by atoms with E-state index in [9.17, 15) is 9.59 Å². The number of nitrogens with one attached hydrogen (secondary N) is 2. The molecule has 0 saturated carbocycles. The topological polar surface area (TPSA) is 112 Å². The molecule has 1 aliphatic heterocycles. The van der Waals surface area contributed by atoms with Gasteiger partial charge in [-0.25, -0.2) is 4.79 Å². The van der Waals surface area contributed by atoms with Gasteiger partial charge < -0.3 is 24.8 Å². The molecule has 0 spiro atoms. The molecule has 0 atom stereocenters. The van der Waals surface area contributed by atoms with E-state index >= 15 is 0 Å². The second-order valence-electron chi connectivity index (χ2n) is 10.4. The summed E-state index contributed by atoms with van der Waals surface area (Å²) in [6.07, 6.45) is -0.0628. The van der Waals surface area contributed by atoms with E-state index in [4.69, 9.17) is 14.2 Å². The number of thiophene rings is 1. The van der Waals surface area contributed by atoms with E-state index in [-0.39, 0.29) is 5.91 Å². The standard InChI is InChI=1S/C30H32N4O5S/c1-30(2,3)39-29(36)31-11-12-37-13-14-38-24-7-5-4-6-22(24)27-28-23(10-15-40-28)26(33-34-27)20-9-8-19-17-25(35)32-18-21(19)16-20/h4-10,15-16H,11-14,17-18H2,1-3H3,(H,31,36)(H,32,35). The number of carbonyl (C=O) groups excluding carboxylic acids is 2. The Bertz CT molecular complexity index is 1530. The molecule has 9 nitrogen and oxygen atoms in total. The third kappa shape index (κ3) is 6.57. The average molecular weight is 561 g/mol. The fourth-order valence-corrected chi connectivity index (χ4v) is 5.34. The molecule has 3 heterocycles. The quantitative estimate of drug-likeness (QED) is 0.273. The summed E-state index contributed by atoms with van der Waals surface area (Å²) in [7, 11) is 0. The molecule has 208 valence electrons. The molecule has 2 N–H and O–H groups in total. The van der Waals surface area contributed by atoms with Gasteiger partial charge in [-0.1, -0.05) is 24.3 Å². The van der Waals surface area contributed by atoms with Gasteiger partial charge in [0.2, 0.25) is 5.91 Å². The maximum Gasteiger partial charge on any atom is 0.407 e.